The van der Waals surface area contributed by atoms with E-state index in [9.17, 15) is 19.2 Å². The Bertz CT molecular complexity index is 1150. The van der Waals surface area contributed by atoms with E-state index >= 15 is 0 Å². The number of hydrogen-bond donors (Lipinski definition) is 2. The molecule has 0 bridgehead atoms. The topological polar surface area (TPSA) is 123 Å². The van der Waals surface area contributed by atoms with Crippen LogP contribution in [0.5, 0.6) is 0 Å². The van der Waals surface area contributed by atoms with Crippen LogP contribution in [0.25, 0.3) is 10.8 Å². The number of aromatic nitrogens is 3. The number of H-pyrrole nitrogens is 1. The molecule has 1 aromatic carbocycles. The largest absolute Gasteiger partial charge is 0.451 e. The van der Waals surface area contributed by atoms with Gasteiger partial charge in [-0.2, -0.15) is 0 Å². The molecule has 10 heteroatoms. The van der Waals surface area contributed by atoms with Crippen LogP contribution >= 0.6 is 11.6 Å². The van der Waals surface area contributed by atoms with Gasteiger partial charge in [-0.25, -0.2) is 9.67 Å². The number of rotatable bonds is 5. The van der Waals surface area contributed by atoms with Crippen LogP contribution in [0.3, 0.4) is 0 Å². The van der Waals surface area contributed by atoms with Gasteiger partial charge >= 0.3 is 5.97 Å². The molecule has 0 aliphatic rings. The summed E-state index contributed by atoms with van der Waals surface area (Å²) in [5.41, 5.74) is -1.06. The highest BCUT2D eigenvalue weighted by Crippen LogP contribution is 2.10. The third-order valence-corrected chi connectivity index (χ3v) is 4.05. The molecule has 144 valence electrons. The highest BCUT2D eigenvalue weighted by Gasteiger charge is 2.19. The van der Waals surface area contributed by atoms with Crippen molar-refractivity contribution in [3.8, 4) is 0 Å². The normalized spacial score (nSPS) is 11.8. The van der Waals surface area contributed by atoms with Gasteiger partial charge < -0.3 is 10.1 Å². The minimum atomic E-state index is -1.15. The highest BCUT2D eigenvalue weighted by molar-refractivity contribution is 6.30. The number of carbonyl (C=O) groups is 2. The van der Waals surface area contributed by atoms with Crippen molar-refractivity contribution in [2.24, 2.45) is 0 Å². The molecule has 0 aliphatic carbocycles. The first kappa shape index (κ1) is 19.3. The molecule has 0 aliphatic heterocycles. The average molecular weight is 403 g/mol. The van der Waals surface area contributed by atoms with Crippen LogP contribution in [0.1, 0.15) is 6.92 Å². The number of fused-ring (bicyclic) bond motifs is 1. The van der Waals surface area contributed by atoms with Crippen LogP contribution in [-0.2, 0) is 20.9 Å². The molecule has 3 rings (SSSR count). The first-order valence-electron chi connectivity index (χ1n) is 8.19. The second kappa shape index (κ2) is 8.05. The number of hydrogen-bond acceptors (Lipinski definition) is 6. The number of anilines is 1. The van der Waals surface area contributed by atoms with Crippen molar-refractivity contribution < 1.29 is 14.3 Å². The monoisotopic (exact) mass is 402 g/mol. The second-order valence-electron chi connectivity index (χ2n) is 5.86. The predicted octanol–water partition coefficient (Wildman–Crippen LogP) is 1.31. The second-order valence-corrected chi connectivity index (χ2v) is 6.30. The Hall–Kier alpha value is -3.46. The molecule has 0 unspecified atom stereocenters. The number of nitrogens with zero attached hydrogens (tertiary/aromatic N) is 2. The van der Waals surface area contributed by atoms with Gasteiger partial charge in [-0.05, 0) is 31.2 Å². The molecule has 2 aromatic heterocycles. The van der Waals surface area contributed by atoms with Gasteiger partial charge in [0.1, 0.15) is 12.4 Å². The van der Waals surface area contributed by atoms with Crippen molar-refractivity contribution in [3.63, 3.8) is 0 Å². The van der Waals surface area contributed by atoms with Gasteiger partial charge in [-0.3, -0.25) is 24.3 Å². The number of benzene rings is 1. The van der Waals surface area contributed by atoms with Crippen LogP contribution in [0.4, 0.5) is 5.82 Å². The van der Waals surface area contributed by atoms with Crippen LogP contribution < -0.4 is 16.4 Å². The van der Waals surface area contributed by atoms with Crippen molar-refractivity contribution in [1.82, 2.24) is 14.8 Å². The fourth-order valence-electron chi connectivity index (χ4n) is 2.45. The molecule has 0 saturated carbocycles. The molecule has 9 nitrogen and oxygen atoms in total. The number of nitrogens with one attached hydrogen (secondary N) is 2. The minimum absolute atomic E-state index is 0.179. The first-order valence-corrected chi connectivity index (χ1v) is 8.56. The molecule has 1 amide bonds. The Balaban J connectivity index is 1.68. The standard InChI is InChI=1S/C18H15ClN4O5/c1-10(16(25)21-14-7-6-11(19)8-20-14)28-15(24)9-23-18(27)13-5-3-2-4-12(13)17(26)22-23/h2-8,10H,9H2,1H3,(H,22,26)(H,20,21,25)/t10-/m0/s1. The third-order valence-electron chi connectivity index (χ3n) is 3.83. The quantitative estimate of drug-likeness (QED) is 0.620. The van der Waals surface area contributed by atoms with Crippen LogP contribution in [0.2, 0.25) is 5.02 Å². The smallest absolute Gasteiger partial charge is 0.328 e. The maximum atomic E-state index is 12.4. The summed E-state index contributed by atoms with van der Waals surface area (Å²) in [7, 11) is 0. The number of esters is 1. The molecule has 28 heavy (non-hydrogen) atoms. The van der Waals surface area contributed by atoms with Crippen molar-refractivity contribution >= 4 is 40.1 Å². The summed E-state index contributed by atoms with van der Waals surface area (Å²) < 4.78 is 5.88. The molecule has 0 fully saturated rings. The third kappa shape index (κ3) is 4.26. The molecule has 3 aromatic rings. The molecule has 1 atom stereocenters. The van der Waals surface area contributed by atoms with Gasteiger partial charge in [-0.15, -0.1) is 0 Å². The summed E-state index contributed by atoms with van der Waals surface area (Å²) in [4.78, 5) is 52.5. The molecule has 2 heterocycles. The van der Waals surface area contributed by atoms with E-state index in [1.165, 1.54) is 31.3 Å². The van der Waals surface area contributed by atoms with Gasteiger partial charge in [0, 0.05) is 6.20 Å². The van der Waals surface area contributed by atoms with E-state index in [-0.39, 0.29) is 16.6 Å². The summed E-state index contributed by atoms with van der Waals surface area (Å²) in [6.45, 7) is 0.824. The maximum Gasteiger partial charge on any atom is 0.328 e. The number of amides is 1. The molecular formula is C18H15ClN4O5. The number of pyridine rings is 1. The Morgan fingerprint density at radius 3 is 2.61 bits per heavy atom. The lowest BCUT2D eigenvalue weighted by molar-refractivity contribution is -0.154. The van der Waals surface area contributed by atoms with E-state index in [0.29, 0.717) is 5.02 Å². The Kier molecular flexibility index (Phi) is 5.55. The van der Waals surface area contributed by atoms with E-state index < -0.39 is 35.6 Å². The van der Waals surface area contributed by atoms with Gasteiger partial charge in [0.15, 0.2) is 6.10 Å². The zero-order valence-electron chi connectivity index (χ0n) is 14.6. The van der Waals surface area contributed by atoms with E-state index in [1.807, 2.05) is 0 Å². The highest BCUT2D eigenvalue weighted by atomic mass is 35.5. The van der Waals surface area contributed by atoms with E-state index in [4.69, 9.17) is 16.3 Å². The van der Waals surface area contributed by atoms with E-state index in [0.717, 1.165) is 4.68 Å². The number of carbonyl (C=O) groups excluding carboxylic acids is 2. The summed E-state index contributed by atoms with van der Waals surface area (Å²) in [5, 5.41) is 5.60. The molecule has 0 spiro atoms. The van der Waals surface area contributed by atoms with Gasteiger partial charge in [0.25, 0.3) is 17.0 Å². The number of aromatic amines is 1. The average Bonchev–Trinajstić information content (AvgIpc) is 2.67. The van der Waals surface area contributed by atoms with Crippen molar-refractivity contribution in [3.05, 3.63) is 68.3 Å². The lowest BCUT2D eigenvalue weighted by Gasteiger charge is -2.14. The van der Waals surface area contributed by atoms with Gasteiger partial charge in [0.2, 0.25) is 0 Å². The SMILES string of the molecule is C[C@H](OC(=O)Cn1[nH]c(=O)c2ccccc2c1=O)C(=O)Nc1ccc(Cl)cn1. The van der Waals surface area contributed by atoms with Crippen LogP contribution in [0.15, 0.2) is 52.2 Å². The summed E-state index contributed by atoms with van der Waals surface area (Å²) in [6, 6.07) is 9.28. The Labute approximate surface area is 162 Å². The van der Waals surface area contributed by atoms with Crippen LogP contribution in [-0.4, -0.2) is 32.7 Å². The lowest BCUT2D eigenvalue weighted by atomic mass is 10.2. The van der Waals surface area contributed by atoms with Crippen molar-refractivity contribution in [2.45, 2.75) is 19.6 Å². The van der Waals surface area contributed by atoms with Crippen molar-refractivity contribution in [1.29, 1.82) is 0 Å². The molecule has 0 saturated heterocycles. The van der Waals surface area contributed by atoms with Gasteiger partial charge in [0.05, 0.1) is 15.8 Å². The van der Waals surface area contributed by atoms with Crippen molar-refractivity contribution in [2.75, 3.05) is 5.32 Å². The minimum Gasteiger partial charge on any atom is -0.451 e. The lowest BCUT2D eigenvalue weighted by Crippen LogP contribution is -2.36. The Morgan fingerprint density at radius 1 is 1.21 bits per heavy atom. The fraction of sp³-hybridized carbons (Fsp3) is 0.167. The first-order chi connectivity index (χ1) is 13.3. The fourth-order valence-corrected chi connectivity index (χ4v) is 2.56. The zero-order chi connectivity index (χ0) is 20.3. The van der Waals surface area contributed by atoms with E-state index in [1.54, 1.807) is 18.2 Å². The van der Waals surface area contributed by atoms with Crippen LogP contribution in [0, 0.1) is 0 Å². The summed E-state index contributed by atoms with van der Waals surface area (Å²) in [5.74, 6) is -1.23. The van der Waals surface area contributed by atoms with Gasteiger partial charge in [-0.1, -0.05) is 23.7 Å². The predicted molar refractivity (Wildman–Crippen MR) is 102 cm³/mol. The Morgan fingerprint density at radius 2 is 1.93 bits per heavy atom. The van der Waals surface area contributed by atoms with E-state index in [2.05, 4.69) is 15.4 Å². The zero-order valence-corrected chi connectivity index (χ0v) is 15.4. The molecule has 0 radical (unpaired) electrons. The number of ether oxygens (including phenoxy) is 1. The number of halogens is 1. The maximum absolute atomic E-state index is 12.4. The molecule has 2 N–H and O–H groups in total. The molecular weight excluding hydrogens is 388 g/mol. The summed E-state index contributed by atoms with van der Waals surface area (Å²) >= 11 is 5.72. The summed E-state index contributed by atoms with van der Waals surface area (Å²) in [6.07, 6.45) is 0.212.